The van der Waals surface area contributed by atoms with Gasteiger partial charge in [0.15, 0.2) is 6.10 Å². The molecule has 0 unspecified atom stereocenters. The van der Waals surface area contributed by atoms with Gasteiger partial charge in [-0.1, -0.05) is 29.8 Å². The number of hydrogen-bond acceptors (Lipinski definition) is 4. The SMILES string of the molecule is Cc1ccc([C@@H]2[C@@H](C(=O)Nc3cc(C)nn3C)OCC(=O)N2C)cc1. The molecule has 1 aromatic carbocycles. The van der Waals surface area contributed by atoms with E-state index >= 15 is 0 Å². The minimum absolute atomic E-state index is 0.110. The summed E-state index contributed by atoms with van der Waals surface area (Å²) in [5.41, 5.74) is 2.79. The Labute approximate surface area is 146 Å². The van der Waals surface area contributed by atoms with Crippen molar-refractivity contribution in [1.29, 1.82) is 0 Å². The lowest BCUT2D eigenvalue weighted by molar-refractivity contribution is -0.160. The smallest absolute Gasteiger partial charge is 0.257 e. The van der Waals surface area contributed by atoms with E-state index in [9.17, 15) is 9.59 Å². The van der Waals surface area contributed by atoms with Gasteiger partial charge < -0.3 is 15.0 Å². The number of carbonyl (C=O) groups is 2. The molecule has 0 spiro atoms. The summed E-state index contributed by atoms with van der Waals surface area (Å²) in [6.45, 7) is 3.74. The quantitative estimate of drug-likeness (QED) is 0.919. The molecule has 132 valence electrons. The van der Waals surface area contributed by atoms with E-state index in [0.717, 1.165) is 16.8 Å². The molecule has 0 radical (unpaired) electrons. The lowest BCUT2D eigenvalue weighted by atomic mass is 9.97. The maximum absolute atomic E-state index is 12.8. The van der Waals surface area contributed by atoms with E-state index in [1.54, 1.807) is 29.7 Å². The number of aromatic nitrogens is 2. The highest BCUT2D eigenvalue weighted by atomic mass is 16.5. The predicted octanol–water partition coefficient (Wildman–Crippen LogP) is 1.57. The molecule has 7 heteroatoms. The number of likely N-dealkylation sites (N-methyl/N-ethyl adjacent to an activating group) is 1. The third-order valence-electron chi connectivity index (χ3n) is 4.41. The number of amides is 2. The summed E-state index contributed by atoms with van der Waals surface area (Å²) < 4.78 is 7.21. The first kappa shape index (κ1) is 17.2. The van der Waals surface area contributed by atoms with Crippen LogP contribution in [0.25, 0.3) is 0 Å². The van der Waals surface area contributed by atoms with Crippen molar-refractivity contribution in [1.82, 2.24) is 14.7 Å². The van der Waals surface area contributed by atoms with Crippen LogP contribution in [0.2, 0.25) is 0 Å². The van der Waals surface area contributed by atoms with Crippen LogP contribution in [0.4, 0.5) is 5.82 Å². The number of anilines is 1. The van der Waals surface area contributed by atoms with Crippen molar-refractivity contribution in [2.24, 2.45) is 7.05 Å². The van der Waals surface area contributed by atoms with Gasteiger partial charge in [-0.2, -0.15) is 5.10 Å². The zero-order chi connectivity index (χ0) is 18.1. The number of nitrogens with one attached hydrogen (secondary N) is 1. The molecule has 0 saturated carbocycles. The lowest BCUT2D eigenvalue weighted by Crippen LogP contribution is -2.51. The summed E-state index contributed by atoms with van der Waals surface area (Å²) in [6.07, 6.45) is -0.791. The molecule has 1 fully saturated rings. The average Bonchev–Trinajstić information content (AvgIpc) is 2.88. The highest BCUT2D eigenvalue weighted by Crippen LogP contribution is 2.30. The number of rotatable bonds is 3. The Hall–Kier alpha value is -2.67. The summed E-state index contributed by atoms with van der Waals surface area (Å²) >= 11 is 0. The summed E-state index contributed by atoms with van der Waals surface area (Å²) in [6, 6.07) is 9.08. The van der Waals surface area contributed by atoms with Gasteiger partial charge in [-0.15, -0.1) is 0 Å². The molecule has 2 heterocycles. The first-order chi connectivity index (χ1) is 11.9. The van der Waals surface area contributed by atoms with Crippen LogP contribution in [0.1, 0.15) is 22.9 Å². The maximum atomic E-state index is 12.8. The first-order valence-corrected chi connectivity index (χ1v) is 8.12. The van der Waals surface area contributed by atoms with E-state index in [1.807, 2.05) is 38.1 Å². The van der Waals surface area contributed by atoms with Gasteiger partial charge >= 0.3 is 0 Å². The van der Waals surface area contributed by atoms with E-state index in [4.69, 9.17) is 4.74 Å². The first-order valence-electron chi connectivity index (χ1n) is 8.12. The third-order valence-corrected chi connectivity index (χ3v) is 4.41. The van der Waals surface area contributed by atoms with Crippen LogP contribution in [-0.2, 0) is 21.4 Å². The summed E-state index contributed by atoms with van der Waals surface area (Å²) in [7, 11) is 3.46. The monoisotopic (exact) mass is 342 g/mol. The van der Waals surface area contributed by atoms with Crippen molar-refractivity contribution in [2.75, 3.05) is 19.0 Å². The summed E-state index contributed by atoms with van der Waals surface area (Å²) in [5, 5.41) is 7.07. The molecule has 1 aromatic heterocycles. The standard InChI is InChI=1S/C18H22N4O3/c1-11-5-7-13(8-6-11)16-17(25-10-15(23)21(16)3)18(24)19-14-9-12(2)20-22(14)4/h5-9,16-17H,10H2,1-4H3,(H,19,24)/t16-,17+/m1/s1. The minimum atomic E-state index is -0.791. The molecular weight excluding hydrogens is 320 g/mol. The fraction of sp³-hybridized carbons (Fsp3) is 0.389. The number of morpholine rings is 1. The van der Waals surface area contributed by atoms with Crippen molar-refractivity contribution >= 4 is 17.6 Å². The van der Waals surface area contributed by atoms with E-state index in [-0.39, 0.29) is 18.4 Å². The molecule has 25 heavy (non-hydrogen) atoms. The van der Waals surface area contributed by atoms with Crippen LogP contribution in [0.5, 0.6) is 0 Å². The van der Waals surface area contributed by atoms with E-state index in [2.05, 4.69) is 10.4 Å². The Morgan fingerprint density at radius 1 is 1.24 bits per heavy atom. The minimum Gasteiger partial charge on any atom is -0.356 e. The van der Waals surface area contributed by atoms with Gasteiger partial charge in [0, 0.05) is 20.2 Å². The number of carbonyl (C=O) groups excluding carboxylic acids is 2. The lowest BCUT2D eigenvalue weighted by Gasteiger charge is -2.38. The fourth-order valence-electron chi connectivity index (χ4n) is 3.02. The molecule has 1 saturated heterocycles. The van der Waals surface area contributed by atoms with Gasteiger partial charge in [-0.05, 0) is 19.4 Å². The van der Waals surface area contributed by atoms with Crippen LogP contribution in [-0.4, -0.2) is 46.3 Å². The zero-order valence-corrected chi connectivity index (χ0v) is 14.8. The molecular formula is C18H22N4O3. The fourth-order valence-corrected chi connectivity index (χ4v) is 3.02. The van der Waals surface area contributed by atoms with Crippen molar-refractivity contribution in [3.05, 3.63) is 47.2 Å². The Bertz CT molecular complexity index is 797. The highest BCUT2D eigenvalue weighted by Gasteiger charge is 2.40. The molecule has 0 bridgehead atoms. The molecule has 0 aliphatic carbocycles. The van der Waals surface area contributed by atoms with Crippen molar-refractivity contribution in [2.45, 2.75) is 26.0 Å². The van der Waals surface area contributed by atoms with Crippen molar-refractivity contribution < 1.29 is 14.3 Å². The van der Waals surface area contributed by atoms with Crippen LogP contribution < -0.4 is 5.32 Å². The second-order valence-corrected chi connectivity index (χ2v) is 6.38. The van der Waals surface area contributed by atoms with E-state index in [0.29, 0.717) is 5.82 Å². The number of benzene rings is 1. The summed E-state index contributed by atoms with van der Waals surface area (Å²) in [5.74, 6) is 0.146. The molecule has 1 aliphatic rings. The normalized spacial score (nSPS) is 20.6. The predicted molar refractivity (Wildman–Crippen MR) is 93.0 cm³/mol. The second kappa shape index (κ2) is 6.68. The van der Waals surface area contributed by atoms with Gasteiger partial charge in [0.2, 0.25) is 5.91 Å². The average molecular weight is 342 g/mol. The molecule has 1 aliphatic heterocycles. The highest BCUT2D eigenvalue weighted by molar-refractivity contribution is 5.95. The molecule has 2 aromatic rings. The molecule has 3 rings (SSSR count). The Morgan fingerprint density at radius 3 is 2.52 bits per heavy atom. The number of ether oxygens (including phenoxy) is 1. The van der Waals surface area contributed by atoms with Crippen molar-refractivity contribution in [3.63, 3.8) is 0 Å². The molecule has 2 amide bonds. The van der Waals surface area contributed by atoms with Gasteiger partial charge in [0.1, 0.15) is 12.4 Å². The van der Waals surface area contributed by atoms with Crippen LogP contribution in [0, 0.1) is 13.8 Å². The molecule has 1 N–H and O–H groups in total. The van der Waals surface area contributed by atoms with E-state index < -0.39 is 12.1 Å². The van der Waals surface area contributed by atoms with Gasteiger partial charge in [-0.25, -0.2) is 0 Å². The maximum Gasteiger partial charge on any atom is 0.257 e. The third kappa shape index (κ3) is 3.41. The van der Waals surface area contributed by atoms with Crippen LogP contribution >= 0.6 is 0 Å². The molecule has 2 atom stereocenters. The van der Waals surface area contributed by atoms with Gasteiger partial charge in [0.25, 0.3) is 5.91 Å². The topological polar surface area (TPSA) is 76.5 Å². The summed E-state index contributed by atoms with van der Waals surface area (Å²) in [4.78, 5) is 26.5. The number of nitrogens with zero attached hydrogens (tertiary/aromatic N) is 3. The largest absolute Gasteiger partial charge is 0.356 e. The Kier molecular flexibility index (Phi) is 4.59. The number of aryl methyl sites for hydroxylation is 3. The number of hydrogen-bond donors (Lipinski definition) is 1. The second-order valence-electron chi connectivity index (χ2n) is 6.38. The van der Waals surface area contributed by atoms with Gasteiger partial charge in [0.05, 0.1) is 11.7 Å². The van der Waals surface area contributed by atoms with Crippen molar-refractivity contribution in [3.8, 4) is 0 Å². The van der Waals surface area contributed by atoms with E-state index in [1.165, 1.54) is 0 Å². The molecule has 7 nitrogen and oxygen atoms in total. The van der Waals surface area contributed by atoms with Crippen LogP contribution in [0.3, 0.4) is 0 Å². The zero-order valence-electron chi connectivity index (χ0n) is 14.8. The van der Waals surface area contributed by atoms with Crippen LogP contribution in [0.15, 0.2) is 30.3 Å². The Balaban J connectivity index is 1.88. The van der Waals surface area contributed by atoms with Gasteiger partial charge in [-0.3, -0.25) is 14.3 Å². The Morgan fingerprint density at radius 2 is 1.92 bits per heavy atom.